The third kappa shape index (κ3) is 5.36. The molecule has 1 fully saturated rings. The molecule has 0 aromatic heterocycles. The Bertz CT molecular complexity index is 384. The fourth-order valence-corrected chi connectivity index (χ4v) is 2.63. The number of carbonyl (C=O) groups is 1. The van der Waals surface area contributed by atoms with Crippen LogP contribution in [0, 0.1) is 5.92 Å². The van der Waals surface area contributed by atoms with Crippen LogP contribution >= 0.6 is 0 Å². The van der Waals surface area contributed by atoms with Crippen LogP contribution in [0.1, 0.15) is 27.2 Å². The molecule has 1 unspecified atom stereocenters. The summed E-state index contributed by atoms with van der Waals surface area (Å²) in [5.74, 6) is -0.510. The van der Waals surface area contributed by atoms with Crippen molar-refractivity contribution in [3.8, 4) is 0 Å². The van der Waals surface area contributed by atoms with Gasteiger partial charge in [0.15, 0.2) is 0 Å². The standard InChI is InChI=1S/C10H19NO5S/c1-10(2,3)16-9(12)11-5-4-8(6-11)7-17(13,14)15/h8H,4-7H2,1-3H3,(H,13,14,15). The van der Waals surface area contributed by atoms with Gasteiger partial charge in [-0.1, -0.05) is 0 Å². The highest BCUT2D eigenvalue weighted by Gasteiger charge is 2.31. The molecule has 1 rings (SSSR count). The molecule has 0 aliphatic carbocycles. The molecular weight excluding hydrogens is 246 g/mol. The molecule has 0 radical (unpaired) electrons. The zero-order valence-corrected chi connectivity index (χ0v) is 11.2. The summed E-state index contributed by atoms with van der Waals surface area (Å²) in [4.78, 5) is 13.1. The first kappa shape index (κ1) is 14.2. The Morgan fingerprint density at radius 3 is 2.53 bits per heavy atom. The number of hydrogen-bond acceptors (Lipinski definition) is 4. The van der Waals surface area contributed by atoms with E-state index in [1.54, 1.807) is 20.8 Å². The number of ether oxygens (including phenoxy) is 1. The average Bonchev–Trinajstić information content (AvgIpc) is 2.45. The summed E-state index contributed by atoms with van der Waals surface area (Å²) in [7, 11) is -3.97. The van der Waals surface area contributed by atoms with E-state index in [2.05, 4.69) is 0 Å². The van der Waals surface area contributed by atoms with Gasteiger partial charge >= 0.3 is 6.09 Å². The van der Waals surface area contributed by atoms with Crippen LogP contribution in [-0.2, 0) is 14.9 Å². The molecule has 1 heterocycles. The van der Waals surface area contributed by atoms with Crippen LogP contribution in [0.4, 0.5) is 4.79 Å². The zero-order valence-electron chi connectivity index (χ0n) is 10.3. The van der Waals surface area contributed by atoms with E-state index in [0.717, 1.165) is 0 Å². The van der Waals surface area contributed by atoms with Gasteiger partial charge in [0.25, 0.3) is 10.1 Å². The molecular formula is C10H19NO5S. The molecule has 1 atom stereocenters. The molecule has 100 valence electrons. The van der Waals surface area contributed by atoms with Crippen molar-refractivity contribution in [3.63, 3.8) is 0 Å². The topological polar surface area (TPSA) is 83.9 Å². The SMILES string of the molecule is CC(C)(C)OC(=O)N1CCC(CS(=O)(=O)O)C1. The van der Waals surface area contributed by atoms with Crippen molar-refractivity contribution in [1.29, 1.82) is 0 Å². The molecule has 6 nitrogen and oxygen atoms in total. The second-order valence-electron chi connectivity index (χ2n) is 5.33. The third-order valence-corrected chi connectivity index (χ3v) is 3.28. The van der Waals surface area contributed by atoms with Crippen molar-refractivity contribution in [2.24, 2.45) is 5.92 Å². The minimum absolute atomic E-state index is 0.211. The summed E-state index contributed by atoms with van der Waals surface area (Å²) in [5, 5.41) is 0. The van der Waals surface area contributed by atoms with E-state index in [9.17, 15) is 13.2 Å². The van der Waals surface area contributed by atoms with Gasteiger partial charge in [-0.15, -0.1) is 0 Å². The van der Waals surface area contributed by atoms with E-state index in [1.807, 2.05) is 0 Å². The lowest BCUT2D eigenvalue weighted by molar-refractivity contribution is 0.0289. The smallest absolute Gasteiger partial charge is 0.410 e. The number of likely N-dealkylation sites (tertiary alicyclic amines) is 1. The van der Waals surface area contributed by atoms with Gasteiger partial charge < -0.3 is 9.64 Å². The van der Waals surface area contributed by atoms with Gasteiger partial charge in [-0.05, 0) is 33.1 Å². The van der Waals surface area contributed by atoms with Gasteiger partial charge in [-0.3, -0.25) is 4.55 Å². The molecule has 1 N–H and O–H groups in total. The molecule has 0 aromatic rings. The predicted molar refractivity (Wildman–Crippen MR) is 62.3 cm³/mol. The largest absolute Gasteiger partial charge is 0.444 e. The van der Waals surface area contributed by atoms with Gasteiger partial charge in [0.1, 0.15) is 5.60 Å². The van der Waals surface area contributed by atoms with E-state index in [1.165, 1.54) is 4.90 Å². The summed E-state index contributed by atoms with van der Waals surface area (Å²) in [6, 6.07) is 0. The molecule has 1 aliphatic rings. The number of amides is 1. The van der Waals surface area contributed by atoms with E-state index in [-0.39, 0.29) is 11.7 Å². The van der Waals surface area contributed by atoms with Crippen molar-refractivity contribution < 1.29 is 22.5 Å². The quantitative estimate of drug-likeness (QED) is 0.757. The van der Waals surface area contributed by atoms with Gasteiger partial charge in [-0.25, -0.2) is 4.79 Å². The molecule has 1 amide bonds. The second-order valence-corrected chi connectivity index (χ2v) is 6.83. The van der Waals surface area contributed by atoms with Crippen LogP contribution in [0.5, 0.6) is 0 Å². The second kappa shape index (κ2) is 4.81. The first-order valence-corrected chi connectivity index (χ1v) is 7.11. The Hall–Kier alpha value is -0.820. The minimum atomic E-state index is -3.97. The van der Waals surface area contributed by atoms with E-state index < -0.39 is 21.8 Å². The Morgan fingerprint density at radius 2 is 2.06 bits per heavy atom. The van der Waals surface area contributed by atoms with Crippen LogP contribution < -0.4 is 0 Å². The van der Waals surface area contributed by atoms with Crippen LogP contribution in [0.25, 0.3) is 0 Å². The lowest BCUT2D eigenvalue weighted by Crippen LogP contribution is -2.35. The third-order valence-electron chi connectivity index (χ3n) is 2.38. The van der Waals surface area contributed by atoms with Crippen LogP contribution in [0.15, 0.2) is 0 Å². The molecule has 0 aromatic carbocycles. The average molecular weight is 265 g/mol. The summed E-state index contributed by atoms with van der Waals surface area (Å²) in [6.45, 7) is 6.10. The molecule has 0 saturated carbocycles. The van der Waals surface area contributed by atoms with Crippen LogP contribution in [-0.4, -0.2) is 48.4 Å². The number of nitrogens with zero attached hydrogens (tertiary/aromatic N) is 1. The van der Waals surface area contributed by atoms with Crippen molar-refractivity contribution in [2.45, 2.75) is 32.8 Å². The summed E-state index contributed by atoms with van der Waals surface area (Å²) >= 11 is 0. The highest BCUT2D eigenvalue weighted by atomic mass is 32.2. The molecule has 0 bridgehead atoms. The predicted octanol–water partition coefficient (Wildman–Crippen LogP) is 1.13. The Labute approximate surface area is 102 Å². The van der Waals surface area contributed by atoms with E-state index >= 15 is 0 Å². The summed E-state index contributed by atoms with van der Waals surface area (Å²) in [6.07, 6.45) is 0.134. The number of rotatable bonds is 2. The molecule has 1 aliphatic heterocycles. The Morgan fingerprint density at radius 1 is 1.47 bits per heavy atom. The lowest BCUT2D eigenvalue weighted by atomic mass is 10.2. The molecule has 1 saturated heterocycles. The molecule has 7 heteroatoms. The molecule has 17 heavy (non-hydrogen) atoms. The van der Waals surface area contributed by atoms with Gasteiger partial charge in [-0.2, -0.15) is 8.42 Å². The fraction of sp³-hybridized carbons (Fsp3) is 0.900. The van der Waals surface area contributed by atoms with Crippen molar-refractivity contribution >= 4 is 16.2 Å². The minimum Gasteiger partial charge on any atom is -0.444 e. The maximum atomic E-state index is 11.7. The van der Waals surface area contributed by atoms with Crippen LogP contribution in [0.3, 0.4) is 0 Å². The highest BCUT2D eigenvalue weighted by molar-refractivity contribution is 7.85. The van der Waals surface area contributed by atoms with Crippen LogP contribution in [0.2, 0.25) is 0 Å². The monoisotopic (exact) mass is 265 g/mol. The fourth-order valence-electron chi connectivity index (χ4n) is 1.76. The maximum absolute atomic E-state index is 11.7. The lowest BCUT2D eigenvalue weighted by Gasteiger charge is -2.24. The van der Waals surface area contributed by atoms with Crippen molar-refractivity contribution in [3.05, 3.63) is 0 Å². The van der Waals surface area contributed by atoms with Gasteiger partial charge in [0.05, 0.1) is 5.75 Å². The van der Waals surface area contributed by atoms with Gasteiger partial charge in [0, 0.05) is 13.1 Å². The van der Waals surface area contributed by atoms with E-state index in [4.69, 9.17) is 9.29 Å². The first-order valence-electron chi connectivity index (χ1n) is 5.50. The normalized spacial score (nSPS) is 21.6. The number of hydrogen-bond donors (Lipinski definition) is 1. The summed E-state index contributed by atoms with van der Waals surface area (Å²) in [5.41, 5.74) is -0.557. The van der Waals surface area contributed by atoms with Crippen molar-refractivity contribution in [2.75, 3.05) is 18.8 Å². The van der Waals surface area contributed by atoms with Crippen molar-refractivity contribution in [1.82, 2.24) is 4.90 Å². The zero-order chi connectivity index (χ0) is 13.3. The maximum Gasteiger partial charge on any atom is 0.410 e. The molecule has 0 spiro atoms. The first-order chi connectivity index (χ1) is 7.57. The Kier molecular flexibility index (Phi) is 4.03. The van der Waals surface area contributed by atoms with E-state index in [0.29, 0.717) is 19.5 Å². The number of carbonyl (C=O) groups excluding carboxylic acids is 1. The van der Waals surface area contributed by atoms with Gasteiger partial charge in [0.2, 0.25) is 0 Å². The Balaban J connectivity index is 2.48. The summed E-state index contributed by atoms with van der Waals surface area (Å²) < 4.78 is 35.3. The highest BCUT2D eigenvalue weighted by Crippen LogP contribution is 2.20.